The molecule has 1 heteroatoms. The van der Waals surface area contributed by atoms with Gasteiger partial charge in [-0.1, -0.05) is 49.9 Å². The lowest BCUT2D eigenvalue weighted by Crippen LogP contribution is -2.55. The molecule has 2 aliphatic heterocycles. The molecule has 118 valence electrons. The van der Waals surface area contributed by atoms with E-state index in [0.717, 1.165) is 18.0 Å². The largest absolute Gasteiger partial charge is 0.293 e. The van der Waals surface area contributed by atoms with Gasteiger partial charge in [0.2, 0.25) is 0 Å². The zero-order valence-corrected chi connectivity index (χ0v) is 13.8. The van der Waals surface area contributed by atoms with Crippen LogP contribution in [0.2, 0.25) is 0 Å². The highest BCUT2D eigenvalue weighted by atomic mass is 15.2. The van der Waals surface area contributed by atoms with Gasteiger partial charge >= 0.3 is 0 Å². The van der Waals surface area contributed by atoms with Crippen LogP contribution in [0, 0.1) is 11.3 Å². The molecule has 2 aliphatic carbocycles. The third-order valence-corrected chi connectivity index (χ3v) is 7.60. The Bertz CT molecular complexity index is 557. The second-order valence-corrected chi connectivity index (χ2v) is 8.43. The average molecular weight is 295 g/mol. The summed E-state index contributed by atoms with van der Waals surface area (Å²) in [5.41, 5.74) is 4.03. The molecule has 5 rings (SSSR count). The molecule has 3 atom stereocenters. The molecule has 1 nitrogen and oxygen atoms in total. The predicted molar refractivity (Wildman–Crippen MR) is 90.9 cm³/mol. The van der Waals surface area contributed by atoms with Crippen molar-refractivity contribution >= 4 is 0 Å². The second-order valence-electron chi connectivity index (χ2n) is 8.43. The number of nitrogens with zero attached hydrogens (tertiary/aromatic N) is 1. The van der Waals surface area contributed by atoms with E-state index in [1.807, 2.05) is 0 Å². The van der Waals surface area contributed by atoms with Crippen molar-refractivity contribution in [2.45, 2.75) is 76.3 Å². The summed E-state index contributed by atoms with van der Waals surface area (Å²) in [5.74, 6) is 1.02. The van der Waals surface area contributed by atoms with E-state index in [2.05, 4.69) is 29.2 Å². The van der Waals surface area contributed by atoms with E-state index in [0.29, 0.717) is 5.41 Å². The maximum Gasteiger partial charge on any atom is 0.0359 e. The topological polar surface area (TPSA) is 3.24 Å². The van der Waals surface area contributed by atoms with Crippen LogP contribution in [0.5, 0.6) is 0 Å². The maximum absolute atomic E-state index is 2.94. The Labute approximate surface area is 135 Å². The molecule has 1 saturated heterocycles. The summed E-state index contributed by atoms with van der Waals surface area (Å²) in [5, 5.41) is 0. The second kappa shape index (κ2) is 5.09. The highest BCUT2D eigenvalue weighted by Gasteiger charge is 2.54. The van der Waals surface area contributed by atoms with E-state index >= 15 is 0 Å². The first-order chi connectivity index (χ1) is 10.9. The van der Waals surface area contributed by atoms with Gasteiger partial charge in [0.1, 0.15) is 0 Å². The molecule has 3 fully saturated rings. The minimum atomic E-state index is 0.699. The van der Waals surface area contributed by atoms with Gasteiger partial charge in [-0.15, -0.1) is 0 Å². The molecule has 0 bridgehead atoms. The highest BCUT2D eigenvalue weighted by molar-refractivity contribution is 5.34. The van der Waals surface area contributed by atoms with Crippen molar-refractivity contribution in [3.63, 3.8) is 0 Å². The zero-order chi connectivity index (χ0) is 14.6. The van der Waals surface area contributed by atoms with Crippen LogP contribution in [0.15, 0.2) is 24.3 Å². The molecule has 0 radical (unpaired) electrons. The fourth-order valence-electron chi connectivity index (χ4n) is 6.71. The predicted octanol–water partition coefficient (Wildman–Crippen LogP) is 5.11. The molecule has 2 heterocycles. The molecule has 1 aromatic rings. The molecule has 1 aromatic carbocycles. The Morgan fingerprint density at radius 3 is 2.73 bits per heavy atom. The van der Waals surface area contributed by atoms with E-state index < -0.39 is 0 Å². The Kier molecular flexibility index (Phi) is 3.15. The molecule has 0 N–H and O–H groups in total. The third-order valence-electron chi connectivity index (χ3n) is 7.60. The minimum absolute atomic E-state index is 0.699. The van der Waals surface area contributed by atoms with Crippen molar-refractivity contribution < 1.29 is 0 Å². The molecular weight excluding hydrogens is 266 g/mol. The summed E-state index contributed by atoms with van der Waals surface area (Å²) in [6, 6.07) is 11.0. The third kappa shape index (κ3) is 1.87. The summed E-state index contributed by atoms with van der Waals surface area (Å²) in [7, 11) is 0. The molecule has 0 aromatic heterocycles. The van der Waals surface area contributed by atoms with Crippen molar-refractivity contribution in [2.75, 3.05) is 6.54 Å². The SMILES string of the molecule is c1ccc2c(c1)CCN1C2CC2(CCCCC2)C2CCCC21. The lowest BCUT2D eigenvalue weighted by Gasteiger charge is -2.57. The quantitative estimate of drug-likeness (QED) is 0.643. The Morgan fingerprint density at radius 1 is 0.955 bits per heavy atom. The van der Waals surface area contributed by atoms with Gasteiger partial charge < -0.3 is 0 Å². The zero-order valence-electron chi connectivity index (χ0n) is 13.8. The number of rotatable bonds is 0. The maximum atomic E-state index is 2.94. The van der Waals surface area contributed by atoms with Crippen LogP contribution in [-0.4, -0.2) is 17.5 Å². The lowest BCUT2D eigenvalue weighted by molar-refractivity contribution is -0.0673. The van der Waals surface area contributed by atoms with Gasteiger partial charge in [0, 0.05) is 18.6 Å². The van der Waals surface area contributed by atoms with E-state index in [-0.39, 0.29) is 0 Å². The first-order valence-corrected chi connectivity index (χ1v) is 9.71. The van der Waals surface area contributed by atoms with Crippen molar-refractivity contribution in [1.29, 1.82) is 0 Å². The molecule has 22 heavy (non-hydrogen) atoms. The van der Waals surface area contributed by atoms with Gasteiger partial charge in [-0.3, -0.25) is 4.90 Å². The van der Waals surface area contributed by atoms with Gasteiger partial charge in [0.25, 0.3) is 0 Å². The van der Waals surface area contributed by atoms with Gasteiger partial charge in [0.15, 0.2) is 0 Å². The van der Waals surface area contributed by atoms with Crippen LogP contribution in [-0.2, 0) is 6.42 Å². The first-order valence-electron chi connectivity index (χ1n) is 9.71. The van der Waals surface area contributed by atoms with Crippen LogP contribution in [0.4, 0.5) is 0 Å². The summed E-state index contributed by atoms with van der Waals surface area (Å²) in [6.45, 7) is 1.32. The summed E-state index contributed by atoms with van der Waals surface area (Å²) < 4.78 is 0. The van der Waals surface area contributed by atoms with E-state index in [1.165, 1.54) is 70.8 Å². The molecule has 0 amide bonds. The van der Waals surface area contributed by atoms with E-state index in [1.54, 1.807) is 11.1 Å². The number of benzene rings is 1. The van der Waals surface area contributed by atoms with E-state index in [4.69, 9.17) is 0 Å². The fraction of sp³-hybridized carbons (Fsp3) is 0.714. The van der Waals surface area contributed by atoms with Crippen molar-refractivity contribution in [2.24, 2.45) is 11.3 Å². The van der Waals surface area contributed by atoms with Crippen LogP contribution in [0.25, 0.3) is 0 Å². The summed E-state index contributed by atoms with van der Waals surface area (Å²) in [4.78, 5) is 2.94. The first kappa shape index (κ1) is 13.6. The molecule has 1 spiro atoms. The van der Waals surface area contributed by atoms with Crippen molar-refractivity contribution in [3.05, 3.63) is 35.4 Å². The van der Waals surface area contributed by atoms with E-state index in [9.17, 15) is 0 Å². The minimum Gasteiger partial charge on any atom is -0.293 e. The average Bonchev–Trinajstić information content (AvgIpc) is 3.07. The summed E-state index contributed by atoms with van der Waals surface area (Å²) in [6.07, 6.45) is 14.8. The fourth-order valence-corrected chi connectivity index (χ4v) is 6.71. The van der Waals surface area contributed by atoms with Crippen LogP contribution < -0.4 is 0 Å². The Balaban J connectivity index is 1.57. The normalized spacial score (nSPS) is 36.6. The van der Waals surface area contributed by atoms with Crippen molar-refractivity contribution in [3.8, 4) is 0 Å². The lowest BCUT2D eigenvalue weighted by atomic mass is 9.57. The highest BCUT2D eigenvalue weighted by Crippen LogP contribution is 2.60. The Morgan fingerprint density at radius 2 is 1.82 bits per heavy atom. The summed E-state index contributed by atoms with van der Waals surface area (Å²) >= 11 is 0. The molecule has 3 unspecified atom stereocenters. The molecule has 2 saturated carbocycles. The number of fused-ring (bicyclic) bond motifs is 6. The number of hydrogen-bond donors (Lipinski definition) is 0. The standard InChI is InChI=1S/C21H29N/c1-4-12-21(13-5-1)15-20-17-8-3-2-7-16(17)11-14-22(20)19-10-6-9-18(19)21/h2-3,7-8,18-20H,1,4-6,9-15H2. The smallest absolute Gasteiger partial charge is 0.0359 e. The monoisotopic (exact) mass is 295 g/mol. The van der Waals surface area contributed by atoms with Crippen LogP contribution >= 0.6 is 0 Å². The van der Waals surface area contributed by atoms with Gasteiger partial charge in [-0.2, -0.15) is 0 Å². The van der Waals surface area contributed by atoms with Crippen LogP contribution in [0.1, 0.15) is 75.0 Å². The van der Waals surface area contributed by atoms with Gasteiger partial charge in [0.05, 0.1) is 0 Å². The molecular formula is C21H29N. The van der Waals surface area contributed by atoms with Gasteiger partial charge in [-0.05, 0) is 61.0 Å². The van der Waals surface area contributed by atoms with Crippen LogP contribution in [0.3, 0.4) is 0 Å². The van der Waals surface area contributed by atoms with Gasteiger partial charge in [-0.25, -0.2) is 0 Å². The Hall–Kier alpha value is -0.820. The molecule has 4 aliphatic rings. The number of piperidine rings is 1. The number of hydrogen-bond acceptors (Lipinski definition) is 1. The van der Waals surface area contributed by atoms with Crippen molar-refractivity contribution in [1.82, 2.24) is 4.90 Å².